The Balaban J connectivity index is 1.66. The summed E-state index contributed by atoms with van der Waals surface area (Å²) >= 11 is 0. The Morgan fingerprint density at radius 1 is 1.14 bits per heavy atom. The molecule has 0 fully saturated rings. The Kier molecular flexibility index (Phi) is 3.03. The zero-order valence-electron chi connectivity index (χ0n) is 12.1. The van der Waals surface area contributed by atoms with E-state index in [0.717, 1.165) is 35.3 Å². The van der Waals surface area contributed by atoms with E-state index in [1.54, 1.807) is 12.5 Å². The van der Waals surface area contributed by atoms with Gasteiger partial charge in [-0.05, 0) is 24.6 Å². The molecule has 2 aromatic heterocycles. The van der Waals surface area contributed by atoms with Gasteiger partial charge in [0.25, 0.3) is 0 Å². The number of ether oxygens (including phenoxy) is 2. The zero-order valence-corrected chi connectivity index (χ0v) is 12.1. The predicted octanol–water partition coefficient (Wildman–Crippen LogP) is 1.94. The van der Waals surface area contributed by atoms with Crippen LogP contribution in [0.5, 0.6) is 11.5 Å². The average Bonchev–Trinajstić information content (AvgIpc) is 3.26. The van der Waals surface area contributed by atoms with Gasteiger partial charge >= 0.3 is 0 Å². The number of nitrogens with zero attached hydrogens (tertiary/aromatic N) is 5. The summed E-state index contributed by atoms with van der Waals surface area (Å²) in [5.74, 6) is 3.15. The minimum absolute atomic E-state index is 0.286. The van der Waals surface area contributed by atoms with Crippen molar-refractivity contribution in [2.45, 2.75) is 20.0 Å². The summed E-state index contributed by atoms with van der Waals surface area (Å²) in [6, 6.07) is 5.96. The molecule has 112 valence electrons. The molecule has 3 aromatic rings. The van der Waals surface area contributed by atoms with Gasteiger partial charge in [0, 0.05) is 25.5 Å². The zero-order chi connectivity index (χ0) is 14.9. The van der Waals surface area contributed by atoms with Crippen LogP contribution in [-0.4, -0.2) is 31.1 Å². The van der Waals surface area contributed by atoms with E-state index in [9.17, 15) is 0 Å². The quantitative estimate of drug-likeness (QED) is 0.736. The van der Waals surface area contributed by atoms with E-state index < -0.39 is 0 Å². The molecule has 1 aliphatic rings. The van der Waals surface area contributed by atoms with Gasteiger partial charge in [-0.15, -0.1) is 0 Å². The van der Waals surface area contributed by atoms with Gasteiger partial charge < -0.3 is 14.0 Å². The van der Waals surface area contributed by atoms with Crippen LogP contribution in [0.3, 0.4) is 0 Å². The van der Waals surface area contributed by atoms with Crippen LogP contribution in [0.4, 0.5) is 0 Å². The maximum Gasteiger partial charge on any atom is 0.231 e. The van der Waals surface area contributed by atoms with Crippen molar-refractivity contribution in [3.63, 3.8) is 0 Å². The minimum Gasteiger partial charge on any atom is -0.454 e. The van der Waals surface area contributed by atoms with Crippen LogP contribution in [0.2, 0.25) is 0 Å². The van der Waals surface area contributed by atoms with Gasteiger partial charge in [0.05, 0.1) is 0 Å². The van der Waals surface area contributed by atoms with Crippen LogP contribution in [0.1, 0.15) is 12.5 Å². The standard InChI is InChI=1S/C15H15N5O2/c1-2-20-15(17-9-18-20)14-16-5-6-19(14)8-11-3-4-12-13(7-11)22-10-21-12/h3-7,9H,2,8,10H2,1H3. The fourth-order valence-electron chi connectivity index (χ4n) is 2.55. The van der Waals surface area contributed by atoms with Crippen LogP contribution in [0.15, 0.2) is 36.9 Å². The smallest absolute Gasteiger partial charge is 0.231 e. The van der Waals surface area contributed by atoms with Gasteiger partial charge in [-0.2, -0.15) is 5.10 Å². The second kappa shape index (κ2) is 5.18. The number of hydrogen-bond acceptors (Lipinski definition) is 5. The maximum absolute atomic E-state index is 5.42. The van der Waals surface area contributed by atoms with E-state index >= 15 is 0 Å². The predicted molar refractivity (Wildman–Crippen MR) is 78.6 cm³/mol. The van der Waals surface area contributed by atoms with Gasteiger partial charge in [-0.1, -0.05) is 6.07 Å². The molecule has 0 aliphatic carbocycles. The summed E-state index contributed by atoms with van der Waals surface area (Å²) in [6.45, 7) is 3.76. The number of hydrogen-bond donors (Lipinski definition) is 0. The number of fused-ring (bicyclic) bond motifs is 1. The fraction of sp³-hybridized carbons (Fsp3) is 0.267. The largest absolute Gasteiger partial charge is 0.454 e. The van der Waals surface area contributed by atoms with E-state index in [4.69, 9.17) is 9.47 Å². The van der Waals surface area contributed by atoms with Crippen molar-refractivity contribution in [2.24, 2.45) is 0 Å². The highest BCUT2D eigenvalue weighted by atomic mass is 16.7. The second-order valence-electron chi connectivity index (χ2n) is 4.97. The normalized spacial score (nSPS) is 12.8. The topological polar surface area (TPSA) is 67.0 Å². The van der Waals surface area contributed by atoms with Crippen LogP contribution in [0.25, 0.3) is 11.6 Å². The molecule has 0 saturated carbocycles. The molecule has 1 aliphatic heterocycles. The minimum atomic E-state index is 0.286. The van der Waals surface area contributed by atoms with Crippen LogP contribution >= 0.6 is 0 Å². The molecule has 3 heterocycles. The van der Waals surface area contributed by atoms with E-state index in [-0.39, 0.29) is 6.79 Å². The molecular weight excluding hydrogens is 282 g/mol. The molecule has 0 bridgehead atoms. The lowest BCUT2D eigenvalue weighted by Gasteiger charge is -2.09. The first kappa shape index (κ1) is 12.9. The molecule has 0 N–H and O–H groups in total. The highest BCUT2D eigenvalue weighted by Crippen LogP contribution is 2.32. The van der Waals surface area contributed by atoms with E-state index in [0.29, 0.717) is 6.54 Å². The molecule has 7 nitrogen and oxygen atoms in total. The van der Waals surface area contributed by atoms with Crippen molar-refractivity contribution < 1.29 is 9.47 Å². The van der Waals surface area contributed by atoms with Gasteiger partial charge in [0.15, 0.2) is 23.1 Å². The third-order valence-corrected chi connectivity index (χ3v) is 3.62. The van der Waals surface area contributed by atoms with E-state index in [1.807, 2.05) is 40.6 Å². The summed E-state index contributed by atoms with van der Waals surface area (Å²) in [7, 11) is 0. The van der Waals surface area contributed by atoms with Crippen molar-refractivity contribution in [3.05, 3.63) is 42.5 Å². The molecular formula is C15H15N5O2. The Hall–Kier alpha value is -2.83. The second-order valence-corrected chi connectivity index (χ2v) is 4.97. The van der Waals surface area contributed by atoms with Gasteiger partial charge in [-0.25, -0.2) is 14.6 Å². The molecule has 0 amide bonds. The summed E-state index contributed by atoms with van der Waals surface area (Å²) in [6.07, 6.45) is 5.27. The number of aryl methyl sites for hydroxylation is 1. The number of rotatable bonds is 4. The molecule has 0 saturated heterocycles. The van der Waals surface area contributed by atoms with Gasteiger partial charge in [0.1, 0.15) is 6.33 Å². The Morgan fingerprint density at radius 3 is 2.95 bits per heavy atom. The van der Waals surface area contributed by atoms with E-state index in [1.165, 1.54) is 0 Å². The summed E-state index contributed by atoms with van der Waals surface area (Å²) in [4.78, 5) is 8.73. The third-order valence-electron chi connectivity index (χ3n) is 3.62. The summed E-state index contributed by atoms with van der Waals surface area (Å²) in [5.41, 5.74) is 1.12. The van der Waals surface area contributed by atoms with Crippen molar-refractivity contribution in [3.8, 4) is 23.1 Å². The first-order valence-electron chi connectivity index (χ1n) is 7.13. The monoisotopic (exact) mass is 297 g/mol. The first-order chi connectivity index (χ1) is 10.8. The number of benzene rings is 1. The maximum atomic E-state index is 5.42. The third kappa shape index (κ3) is 2.11. The van der Waals surface area contributed by atoms with Gasteiger partial charge in [-0.3, -0.25) is 0 Å². The molecule has 22 heavy (non-hydrogen) atoms. The van der Waals surface area contributed by atoms with Crippen LogP contribution in [-0.2, 0) is 13.1 Å². The SMILES string of the molecule is CCn1ncnc1-c1nccn1Cc1ccc2c(c1)OCO2. The molecule has 7 heteroatoms. The van der Waals surface area contributed by atoms with Gasteiger partial charge in [0.2, 0.25) is 6.79 Å². The van der Waals surface area contributed by atoms with Crippen molar-refractivity contribution in [2.75, 3.05) is 6.79 Å². The molecule has 1 aromatic carbocycles. The van der Waals surface area contributed by atoms with E-state index in [2.05, 4.69) is 15.1 Å². The Morgan fingerprint density at radius 2 is 2.05 bits per heavy atom. The molecule has 4 rings (SSSR count). The number of aromatic nitrogens is 5. The lowest BCUT2D eigenvalue weighted by Crippen LogP contribution is -2.06. The highest BCUT2D eigenvalue weighted by Gasteiger charge is 2.16. The molecule has 0 atom stereocenters. The highest BCUT2D eigenvalue weighted by molar-refractivity contribution is 5.46. The summed E-state index contributed by atoms with van der Waals surface area (Å²) < 4.78 is 14.6. The molecule has 0 radical (unpaired) electrons. The van der Waals surface area contributed by atoms with Crippen molar-refractivity contribution in [1.29, 1.82) is 0 Å². The molecule has 0 unspecified atom stereocenters. The van der Waals surface area contributed by atoms with Crippen LogP contribution in [0, 0.1) is 0 Å². The van der Waals surface area contributed by atoms with Crippen LogP contribution < -0.4 is 9.47 Å². The Labute approximate surface area is 127 Å². The summed E-state index contributed by atoms with van der Waals surface area (Å²) in [5, 5.41) is 4.20. The first-order valence-corrected chi connectivity index (χ1v) is 7.13. The average molecular weight is 297 g/mol. The lowest BCUT2D eigenvalue weighted by atomic mass is 10.2. The Bertz CT molecular complexity index is 808. The van der Waals surface area contributed by atoms with Crippen molar-refractivity contribution in [1.82, 2.24) is 24.3 Å². The molecule has 0 spiro atoms. The number of imidazole rings is 1. The van der Waals surface area contributed by atoms with Crippen molar-refractivity contribution >= 4 is 0 Å². The fourth-order valence-corrected chi connectivity index (χ4v) is 2.55. The lowest BCUT2D eigenvalue weighted by molar-refractivity contribution is 0.174.